The van der Waals surface area contributed by atoms with Gasteiger partial charge in [-0.2, -0.15) is 0 Å². The van der Waals surface area contributed by atoms with Crippen molar-refractivity contribution < 1.29 is 9.59 Å². The molecule has 1 aliphatic heterocycles. The molecule has 1 unspecified atom stereocenters. The molecule has 0 spiro atoms. The Labute approximate surface area is 132 Å². The Morgan fingerprint density at radius 1 is 1.27 bits per heavy atom. The molecule has 1 heterocycles. The highest BCUT2D eigenvalue weighted by molar-refractivity contribution is 5.93. The maximum Gasteiger partial charge on any atom is 0.317 e. The van der Waals surface area contributed by atoms with Gasteiger partial charge in [0.2, 0.25) is 5.91 Å². The van der Waals surface area contributed by atoms with Gasteiger partial charge in [0, 0.05) is 25.3 Å². The van der Waals surface area contributed by atoms with E-state index in [0.717, 1.165) is 25.1 Å². The molecule has 1 aliphatic rings. The van der Waals surface area contributed by atoms with Crippen molar-refractivity contribution in [2.24, 2.45) is 11.8 Å². The first-order valence-electron chi connectivity index (χ1n) is 7.95. The van der Waals surface area contributed by atoms with Gasteiger partial charge in [0.05, 0.1) is 5.92 Å². The zero-order valence-electron chi connectivity index (χ0n) is 13.3. The summed E-state index contributed by atoms with van der Waals surface area (Å²) in [6, 6.07) is 9.37. The molecule has 22 heavy (non-hydrogen) atoms. The Morgan fingerprint density at radius 3 is 2.68 bits per heavy atom. The number of rotatable bonds is 4. The van der Waals surface area contributed by atoms with Crippen LogP contribution in [0.1, 0.15) is 26.7 Å². The third kappa shape index (κ3) is 4.76. The smallest absolute Gasteiger partial charge is 0.317 e. The second-order valence-electron chi connectivity index (χ2n) is 6.22. The van der Waals surface area contributed by atoms with Crippen molar-refractivity contribution in [3.8, 4) is 0 Å². The summed E-state index contributed by atoms with van der Waals surface area (Å²) in [5.74, 6) is 0.275. The molecule has 0 aromatic heterocycles. The lowest BCUT2D eigenvalue weighted by molar-refractivity contribution is -0.121. The van der Waals surface area contributed by atoms with Crippen molar-refractivity contribution in [2.45, 2.75) is 26.7 Å². The molecule has 0 aliphatic carbocycles. The van der Waals surface area contributed by atoms with E-state index in [1.165, 1.54) is 0 Å². The molecular weight excluding hydrogens is 278 g/mol. The van der Waals surface area contributed by atoms with Crippen LogP contribution in [0.15, 0.2) is 30.3 Å². The van der Waals surface area contributed by atoms with Crippen LogP contribution < -0.4 is 10.6 Å². The fourth-order valence-corrected chi connectivity index (χ4v) is 2.54. The van der Waals surface area contributed by atoms with Gasteiger partial charge in [0.15, 0.2) is 0 Å². The summed E-state index contributed by atoms with van der Waals surface area (Å²) in [5, 5.41) is 5.84. The molecule has 1 saturated heterocycles. The van der Waals surface area contributed by atoms with Crippen LogP contribution in [-0.4, -0.2) is 36.5 Å². The summed E-state index contributed by atoms with van der Waals surface area (Å²) in [4.78, 5) is 26.2. The highest BCUT2D eigenvalue weighted by Gasteiger charge is 2.28. The van der Waals surface area contributed by atoms with Gasteiger partial charge in [-0.1, -0.05) is 32.0 Å². The molecule has 2 N–H and O–H groups in total. The van der Waals surface area contributed by atoms with Crippen LogP contribution in [0.5, 0.6) is 0 Å². The Kier molecular flexibility index (Phi) is 5.81. The fraction of sp³-hybridized carbons (Fsp3) is 0.529. The summed E-state index contributed by atoms with van der Waals surface area (Å²) in [6.45, 7) is 6.00. The van der Waals surface area contributed by atoms with Gasteiger partial charge in [-0.05, 0) is 30.9 Å². The van der Waals surface area contributed by atoms with Crippen molar-refractivity contribution in [3.05, 3.63) is 30.3 Å². The van der Waals surface area contributed by atoms with Gasteiger partial charge in [-0.15, -0.1) is 0 Å². The summed E-state index contributed by atoms with van der Waals surface area (Å²) < 4.78 is 0. The number of carbonyl (C=O) groups excluding carboxylic acids is 2. The van der Waals surface area contributed by atoms with Gasteiger partial charge in [-0.3, -0.25) is 4.79 Å². The molecule has 3 amide bonds. The molecule has 5 heteroatoms. The third-order valence-electron chi connectivity index (χ3n) is 3.78. The average molecular weight is 303 g/mol. The van der Waals surface area contributed by atoms with Crippen LogP contribution >= 0.6 is 0 Å². The van der Waals surface area contributed by atoms with Crippen LogP contribution in [0.4, 0.5) is 10.5 Å². The molecule has 1 aromatic rings. The topological polar surface area (TPSA) is 61.4 Å². The largest absolute Gasteiger partial charge is 0.338 e. The van der Waals surface area contributed by atoms with Crippen LogP contribution in [0.2, 0.25) is 0 Å². The van der Waals surface area contributed by atoms with E-state index in [2.05, 4.69) is 24.5 Å². The number of likely N-dealkylation sites (tertiary alicyclic amines) is 1. The minimum atomic E-state index is -0.140. The minimum absolute atomic E-state index is 0.00689. The molecule has 5 nitrogen and oxygen atoms in total. The van der Waals surface area contributed by atoms with E-state index in [1.807, 2.05) is 30.3 Å². The first kappa shape index (κ1) is 16.3. The maximum atomic E-state index is 12.3. The van der Waals surface area contributed by atoms with Gasteiger partial charge in [0.1, 0.15) is 0 Å². The van der Waals surface area contributed by atoms with Crippen molar-refractivity contribution in [2.75, 3.05) is 25.0 Å². The predicted octanol–water partition coefficient (Wildman–Crippen LogP) is 2.70. The van der Waals surface area contributed by atoms with Crippen molar-refractivity contribution >= 4 is 17.6 Å². The molecule has 0 bridgehead atoms. The number of piperidine rings is 1. The van der Waals surface area contributed by atoms with E-state index in [1.54, 1.807) is 4.90 Å². The Bertz CT molecular complexity index is 502. The van der Waals surface area contributed by atoms with Crippen molar-refractivity contribution in [1.82, 2.24) is 10.2 Å². The number of hydrogen-bond acceptors (Lipinski definition) is 2. The van der Waals surface area contributed by atoms with E-state index in [0.29, 0.717) is 19.0 Å². The molecule has 1 aromatic carbocycles. The molecule has 0 radical (unpaired) electrons. The lowest BCUT2D eigenvalue weighted by atomic mass is 9.97. The Morgan fingerprint density at radius 2 is 2.00 bits per heavy atom. The zero-order valence-corrected chi connectivity index (χ0v) is 13.3. The lowest BCUT2D eigenvalue weighted by Crippen LogP contribution is -2.48. The van der Waals surface area contributed by atoms with Crippen molar-refractivity contribution in [3.63, 3.8) is 0 Å². The van der Waals surface area contributed by atoms with Crippen molar-refractivity contribution in [1.29, 1.82) is 0 Å². The van der Waals surface area contributed by atoms with Gasteiger partial charge in [0.25, 0.3) is 0 Å². The standard InChI is InChI=1S/C17H25N3O2/c1-13(2)11-18-17(22)20-10-6-7-14(12-20)16(21)19-15-8-4-3-5-9-15/h3-5,8-9,13-14H,6-7,10-12H2,1-2H3,(H,18,22)(H,19,21). The molecule has 1 fully saturated rings. The summed E-state index contributed by atoms with van der Waals surface area (Å²) in [5.41, 5.74) is 0.800. The quantitative estimate of drug-likeness (QED) is 0.898. The second kappa shape index (κ2) is 7.82. The van der Waals surface area contributed by atoms with E-state index < -0.39 is 0 Å². The van der Waals surface area contributed by atoms with Gasteiger partial charge in [-0.25, -0.2) is 4.79 Å². The molecule has 0 saturated carbocycles. The zero-order chi connectivity index (χ0) is 15.9. The first-order chi connectivity index (χ1) is 10.6. The number of urea groups is 1. The molecule has 2 rings (SSSR count). The SMILES string of the molecule is CC(C)CNC(=O)N1CCCC(C(=O)Nc2ccccc2)C1. The molecule has 1 atom stereocenters. The summed E-state index contributed by atoms with van der Waals surface area (Å²) >= 11 is 0. The number of para-hydroxylation sites is 1. The highest BCUT2D eigenvalue weighted by atomic mass is 16.2. The number of nitrogens with zero attached hydrogens (tertiary/aromatic N) is 1. The first-order valence-corrected chi connectivity index (χ1v) is 7.95. The second-order valence-corrected chi connectivity index (χ2v) is 6.22. The Hall–Kier alpha value is -2.04. The molecular formula is C17H25N3O2. The summed E-state index contributed by atoms with van der Waals surface area (Å²) in [6.07, 6.45) is 1.69. The van der Waals surface area contributed by atoms with E-state index in [-0.39, 0.29) is 17.9 Å². The number of hydrogen-bond donors (Lipinski definition) is 2. The minimum Gasteiger partial charge on any atom is -0.338 e. The number of carbonyl (C=O) groups is 2. The summed E-state index contributed by atoms with van der Waals surface area (Å²) in [7, 11) is 0. The van der Waals surface area contributed by atoms with Crippen LogP contribution in [0, 0.1) is 11.8 Å². The van der Waals surface area contributed by atoms with E-state index >= 15 is 0 Å². The van der Waals surface area contributed by atoms with Crippen LogP contribution in [0.3, 0.4) is 0 Å². The average Bonchev–Trinajstić information content (AvgIpc) is 2.53. The van der Waals surface area contributed by atoms with E-state index in [4.69, 9.17) is 0 Å². The maximum absolute atomic E-state index is 12.3. The normalized spacial score (nSPS) is 18.1. The number of amides is 3. The van der Waals surface area contributed by atoms with E-state index in [9.17, 15) is 9.59 Å². The van der Waals surface area contributed by atoms with Gasteiger partial charge >= 0.3 is 6.03 Å². The number of anilines is 1. The molecule has 120 valence electrons. The third-order valence-corrected chi connectivity index (χ3v) is 3.78. The predicted molar refractivity (Wildman–Crippen MR) is 87.6 cm³/mol. The Balaban J connectivity index is 1.87. The lowest BCUT2D eigenvalue weighted by Gasteiger charge is -2.32. The van der Waals surface area contributed by atoms with Crippen LogP contribution in [-0.2, 0) is 4.79 Å². The highest BCUT2D eigenvalue weighted by Crippen LogP contribution is 2.18. The van der Waals surface area contributed by atoms with Gasteiger partial charge < -0.3 is 15.5 Å². The number of benzene rings is 1. The fourth-order valence-electron chi connectivity index (χ4n) is 2.54. The monoisotopic (exact) mass is 303 g/mol. The number of nitrogens with one attached hydrogen (secondary N) is 2. The van der Waals surface area contributed by atoms with Crippen LogP contribution in [0.25, 0.3) is 0 Å².